The summed E-state index contributed by atoms with van der Waals surface area (Å²) in [5, 5.41) is 3.57. The van der Waals surface area contributed by atoms with Crippen molar-refractivity contribution < 1.29 is 14.3 Å². The summed E-state index contributed by atoms with van der Waals surface area (Å²) >= 11 is 5.96. The highest BCUT2D eigenvalue weighted by atomic mass is 35.5. The molecule has 0 fully saturated rings. The summed E-state index contributed by atoms with van der Waals surface area (Å²) in [6, 6.07) is 10.8. The first-order valence-electron chi connectivity index (χ1n) is 8.46. The number of anilines is 1. The Kier molecular flexibility index (Phi) is 7.29. The summed E-state index contributed by atoms with van der Waals surface area (Å²) in [5.41, 5.74) is 3.09. The lowest BCUT2D eigenvalue weighted by Gasteiger charge is -2.13. The van der Waals surface area contributed by atoms with Crippen LogP contribution in [-0.2, 0) is 11.3 Å². The Bertz CT molecular complexity index is 731. The van der Waals surface area contributed by atoms with Gasteiger partial charge in [-0.3, -0.25) is 4.79 Å². The van der Waals surface area contributed by atoms with Crippen molar-refractivity contribution in [3.05, 3.63) is 58.1 Å². The first-order chi connectivity index (χ1) is 12.0. The van der Waals surface area contributed by atoms with Crippen molar-refractivity contribution in [2.45, 2.75) is 33.8 Å². The second-order valence-electron chi connectivity index (χ2n) is 5.72. The summed E-state index contributed by atoms with van der Waals surface area (Å²) < 4.78 is 11.2. The fourth-order valence-electron chi connectivity index (χ4n) is 2.42. The molecule has 0 aliphatic heterocycles. The van der Waals surface area contributed by atoms with Gasteiger partial charge in [0.05, 0.1) is 13.2 Å². The molecule has 1 N–H and O–H groups in total. The quantitative estimate of drug-likeness (QED) is 0.655. The van der Waals surface area contributed by atoms with Gasteiger partial charge in [0.2, 0.25) is 0 Å². The van der Waals surface area contributed by atoms with Crippen molar-refractivity contribution in [2.24, 2.45) is 0 Å². The van der Waals surface area contributed by atoms with Crippen LogP contribution in [0.5, 0.6) is 5.75 Å². The summed E-state index contributed by atoms with van der Waals surface area (Å²) in [6.45, 7) is 7.55. The van der Waals surface area contributed by atoms with Crippen LogP contribution in [0, 0.1) is 6.92 Å². The van der Waals surface area contributed by atoms with Crippen LogP contribution in [-0.4, -0.2) is 19.1 Å². The number of carbonyl (C=O) groups is 1. The van der Waals surface area contributed by atoms with Crippen LogP contribution in [0.3, 0.4) is 0 Å². The lowest BCUT2D eigenvalue weighted by atomic mass is 10.1. The lowest BCUT2D eigenvalue weighted by Crippen LogP contribution is -2.13. The number of hydrogen-bond acceptors (Lipinski definition) is 3. The largest absolute Gasteiger partial charge is 0.494 e. The highest BCUT2D eigenvalue weighted by molar-refractivity contribution is 6.30. The maximum Gasteiger partial charge on any atom is 0.255 e. The van der Waals surface area contributed by atoms with Crippen molar-refractivity contribution in [3.8, 4) is 5.75 Å². The standard InChI is InChI=1S/C20H24ClNO3/c1-4-10-24-13-16-12-15(6-9-19(16)25-5-2)20(23)22-18-8-7-17(21)11-14(18)3/h6-9,11-12H,4-5,10,13H2,1-3H3,(H,22,23). The van der Waals surface area contributed by atoms with Gasteiger partial charge < -0.3 is 14.8 Å². The molecule has 0 aliphatic rings. The van der Waals surface area contributed by atoms with E-state index in [1.807, 2.05) is 32.0 Å². The normalized spacial score (nSPS) is 10.6. The second-order valence-corrected chi connectivity index (χ2v) is 6.16. The molecule has 134 valence electrons. The maximum atomic E-state index is 12.6. The van der Waals surface area contributed by atoms with E-state index >= 15 is 0 Å². The molecule has 4 nitrogen and oxygen atoms in total. The Hall–Kier alpha value is -2.04. The minimum atomic E-state index is -0.176. The minimum Gasteiger partial charge on any atom is -0.494 e. The van der Waals surface area contributed by atoms with Gasteiger partial charge in [-0.1, -0.05) is 18.5 Å². The Morgan fingerprint density at radius 3 is 2.64 bits per heavy atom. The number of ether oxygens (including phenoxy) is 2. The molecule has 2 rings (SSSR count). The molecule has 2 aromatic carbocycles. The molecule has 0 spiro atoms. The third kappa shape index (κ3) is 5.48. The van der Waals surface area contributed by atoms with Gasteiger partial charge in [-0.15, -0.1) is 0 Å². The van der Waals surface area contributed by atoms with Crippen molar-refractivity contribution in [3.63, 3.8) is 0 Å². The first-order valence-corrected chi connectivity index (χ1v) is 8.84. The van der Waals surface area contributed by atoms with Gasteiger partial charge in [0.1, 0.15) is 5.75 Å². The topological polar surface area (TPSA) is 47.6 Å². The Balaban J connectivity index is 2.19. The van der Waals surface area contributed by atoms with E-state index in [1.165, 1.54) is 0 Å². The number of rotatable bonds is 8. The van der Waals surface area contributed by atoms with Gasteiger partial charge in [0.15, 0.2) is 0 Å². The third-order valence-electron chi connectivity index (χ3n) is 3.67. The molecule has 2 aromatic rings. The molecule has 0 saturated carbocycles. The van der Waals surface area contributed by atoms with E-state index in [0.717, 1.165) is 29.0 Å². The molecule has 0 radical (unpaired) electrons. The Labute approximate surface area is 154 Å². The van der Waals surface area contributed by atoms with Crippen molar-refractivity contribution in [1.29, 1.82) is 0 Å². The van der Waals surface area contributed by atoms with E-state index in [1.54, 1.807) is 18.2 Å². The number of aryl methyl sites for hydroxylation is 1. The number of benzene rings is 2. The predicted octanol–water partition coefficient (Wildman–Crippen LogP) is 5.23. The molecule has 0 bridgehead atoms. The van der Waals surface area contributed by atoms with Crippen molar-refractivity contribution >= 4 is 23.2 Å². The molecule has 5 heteroatoms. The third-order valence-corrected chi connectivity index (χ3v) is 3.90. The highest BCUT2D eigenvalue weighted by Gasteiger charge is 2.12. The van der Waals surface area contributed by atoms with Crippen molar-refractivity contribution in [1.82, 2.24) is 0 Å². The molecular formula is C20H24ClNO3. The zero-order chi connectivity index (χ0) is 18.2. The van der Waals surface area contributed by atoms with Crippen LogP contribution in [0.2, 0.25) is 5.02 Å². The fourth-order valence-corrected chi connectivity index (χ4v) is 2.64. The summed E-state index contributed by atoms with van der Waals surface area (Å²) in [6.07, 6.45) is 0.944. The average Bonchev–Trinajstić information content (AvgIpc) is 2.59. The molecule has 0 atom stereocenters. The van der Waals surface area contributed by atoms with E-state index in [0.29, 0.717) is 30.4 Å². The van der Waals surface area contributed by atoms with Gasteiger partial charge >= 0.3 is 0 Å². The van der Waals surface area contributed by atoms with Crippen molar-refractivity contribution in [2.75, 3.05) is 18.5 Å². The zero-order valence-corrected chi connectivity index (χ0v) is 15.7. The summed E-state index contributed by atoms with van der Waals surface area (Å²) in [7, 11) is 0. The van der Waals surface area contributed by atoms with Gasteiger partial charge in [0, 0.05) is 28.4 Å². The second kappa shape index (κ2) is 9.44. The smallest absolute Gasteiger partial charge is 0.255 e. The van der Waals surface area contributed by atoms with Gasteiger partial charge in [-0.2, -0.15) is 0 Å². The van der Waals surface area contributed by atoms with E-state index in [9.17, 15) is 4.79 Å². The first kappa shape index (κ1) is 19.3. The van der Waals surface area contributed by atoms with Crippen LogP contribution < -0.4 is 10.1 Å². The fraction of sp³-hybridized carbons (Fsp3) is 0.350. The molecule has 0 heterocycles. The average molecular weight is 362 g/mol. The van der Waals surface area contributed by atoms with E-state index in [4.69, 9.17) is 21.1 Å². The SMILES string of the molecule is CCCOCc1cc(C(=O)Nc2ccc(Cl)cc2C)ccc1OCC. The molecule has 0 unspecified atom stereocenters. The summed E-state index contributed by atoms with van der Waals surface area (Å²) in [5.74, 6) is 0.572. The Morgan fingerprint density at radius 2 is 1.96 bits per heavy atom. The van der Waals surface area contributed by atoms with E-state index in [-0.39, 0.29) is 5.91 Å². The zero-order valence-electron chi connectivity index (χ0n) is 14.9. The predicted molar refractivity (Wildman–Crippen MR) is 102 cm³/mol. The maximum absolute atomic E-state index is 12.6. The molecule has 1 amide bonds. The number of carbonyl (C=O) groups excluding carboxylic acids is 1. The monoisotopic (exact) mass is 361 g/mol. The van der Waals surface area contributed by atoms with Crippen LogP contribution in [0.1, 0.15) is 41.8 Å². The molecule has 25 heavy (non-hydrogen) atoms. The molecular weight excluding hydrogens is 338 g/mol. The molecule has 0 saturated heterocycles. The van der Waals surface area contributed by atoms with Gasteiger partial charge in [-0.25, -0.2) is 0 Å². The Morgan fingerprint density at radius 1 is 1.16 bits per heavy atom. The minimum absolute atomic E-state index is 0.176. The number of nitrogens with one attached hydrogen (secondary N) is 1. The molecule has 0 aromatic heterocycles. The van der Waals surface area contributed by atoms with Gasteiger partial charge in [0.25, 0.3) is 5.91 Å². The highest BCUT2D eigenvalue weighted by Crippen LogP contribution is 2.24. The van der Waals surface area contributed by atoms with Crippen LogP contribution in [0.4, 0.5) is 5.69 Å². The van der Waals surface area contributed by atoms with Gasteiger partial charge in [-0.05, 0) is 62.2 Å². The molecule has 0 aliphatic carbocycles. The van der Waals surface area contributed by atoms with E-state index in [2.05, 4.69) is 12.2 Å². The van der Waals surface area contributed by atoms with Crippen LogP contribution >= 0.6 is 11.6 Å². The van der Waals surface area contributed by atoms with Crippen LogP contribution in [0.15, 0.2) is 36.4 Å². The number of halogens is 1. The summed E-state index contributed by atoms with van der Waals surface area (Å²) in [4.78, 5) is 12.6. The lowest BCUT2D eigenvalue weighted by molar-refractivity contribution is 0.102. The number of hydrogen-bond donors (Lipinski definition) is 1. The van der Waals surface area contributed by atoms with E-state index < -0.39 is 0 Å². The van der Waals surface area contributed by atoms with Crippen LogP contribution in [0.25, 0.3) is 0 Å². The number of amides is 1.